The van der Waals surface area contributed by atoms with E-state index in [2.05, 4.69) is 5.32 Å². The molecule has 0 aliphatic carbocycles. The van der Waals surface area contributed by atoms with Crippen LogP contribution in [0.25, 0.3) is 0 Å². The molecule has 0 spiro atoms. The topological polar surface area (TPSA) is 60.0 Å². The van der Waals surface area contributed by atoms with Gasteiger partial charge in [0.15, 0.2) is 11.5 Å². The zero-order valence-electron chi connectivity index (χ0n) is 10.7. The van der Waals surface area contributed by atoms with Crippen LogP contribution in [-0.4, -0.2) is 37.3 Å². The maximum atomic E-state index is 9.71. The fourth-order valence-corrected chi connectivity index (χ4v) is 1.60. The van der Waals surface area contributed by atoms with Crippen molar-refractivity contribution in [3.8, 4) is 11.5 Å². The molecular formula is C13H19NO4. The number of hydrogen-bond donors (Lipinski definition) is 2. The molecule has 100 valence electrons. The molecule has 1 atom stereocenters. The molecule has 1 aliphatic heterocycles. The lowest BCUT2D eigenvalue weighted by Gasteiger charge is -2.15. The van der Waals surface area contributed by atoms with E-state index in [9.17, 15) is 5.11 Å². The second kappa shape index (κ2) is 5.93. The van der Waals surface area contributed by atoms with Crippen LogP contribution >= 0.6 is 0 Å². The zero-order valence-corrected chi connectivity index (χ0v) is 10.7. The van der Waals surface area contributed by atoms with Gasteiger partial charge in [0.25, 0.3) is 0 Å². The third kappa shape index (κ3) is 3.51. The van der Waals surface area contributed by atoms with Crippen molar-refractivity contribution in [2.75, 3.05) is 25.3 Å². The number of aliphatic hydroxyl groups excluding tert-OH is 1. The highest BCUT2D eigenvalue weighted by atomic mass is 16.7. The van der Waals surface area contributed by atoms with Crippen molar-refractivity contribution in [3.05, 3.63) is 18.2 Å². The van der Waals surface area contributed by atoms with E-state index in [0.717, 1.165) is 17.2 Å². The van der Waals surface area contributed by atoms with Crippen molar-refractivity contribution in [1.29, 1.82) is 0 Å². The lowest BCUT2D eigenvalue weighted by molar-refractivity contribution is 0.0112. The molecule has 18 heavy (non-hydrogen) atoms. The Balaban J connectivity index is 1.79. The smallest absolute Gasteiger partial charge is 0.231 e. The molecule has 2 rings (SSSR count). The molecule has 1 unspecified atom stereocenters. The van der Waals surface area contributed by atoms with E-state index in [1.807, 2.05) is 32.0 Å². The Morgan fingerprint density at radius 3 is 2.89 bits per heavy atom. The SMILES string of the molecule is CC(C)OCC(O)CNc1ccc2c(c1)OCO2. The van der Waals surface area contributed by atoms with Crippen molar-refractivity contribution in [2.45, 2.75) is 26.1 Å². The van der Waals surface area contributed by atoms with Crippen LogP contribution in [0.5, 0.6) is 11.5 Å². The Hall–Kier alpha value is -1.46. The number of hydrogen-bond acceptors (Lipinski definition) is 5. The van der Waals surface area contributed by atoms with Gasteiger partial charge in [-0.25, -0.2) is 0 Å². The standard InChI is InChI=1S/C13H19NO4/c1-9(2)16-7-11(15)6-14-10-3-4-12-13(5-10)18-8-17-12/h3-5,9,11,14-15H,6-8H2,1-2H3. The van der Waals surface area contributed by atoms with Crippen LogP contribution in [0.15, 0.2) is 18.2 Å². The Labute approximate surface area is 107 Å². The molecular weight excluding hydrogens is 234 g/mol. The van der Waals surface area contributed by atoms with Crippen LogP contribution in [0.4, 0.5) is 5.69 Å². The van der Waals surface area contributed by atoms with E-state index < -0.39 is 6.10 Å². The Morgan fingerprint density at radius 2 is 2.11 bits per heavy atom. The average Bonchev–Trinajstić information content (AvgIpc) is 2.81. The van der Waals surface area contributed by atoms with Gasteiger partial charge in [0.1, 0.15) is 0 Å². The van der Waals surface area contributed by atoms with Gasteiger partial charge in [0.2, 0.25) is 6.79 Å². The molecule has 1 aromatic carbocycles. The van der Waals surface area contributed by atoms with Gasteiger partial charge in [-0.05, 0) is 26.0 Å². The molecule has 0 aromatic heterocycles. The first-order valence-electron chi connectivity index (χ1n) is 6.08. The molecule has 0 amide bonds. The predicted molar refractivity (Wildman–Crippen MR) is 68.1 cm³/mol. The molecule has 0 radical (unpaired) electrons. The molecule has 1 heterocycles. The molecule has 0 fully saturated rings. The van der Waals surface area contributed by atoms with Crippen LogP contribution in [0.2, 0.25) is 0 Å². The molecule has 2 N–H and O–H groups in total. The highest BCUT2D eigenvalue weighted by molar-refractivity contribution is 5.55. The largest absolute Gasteiger partial charge is 0.454 e. The number of anilines is 1. The number of benzene rings is 1. The van der Waals surface area contributed by atoms with Gasteiger partial charge < -0.3 is 24.6 Å². The minimum atomic E-state index is -0.530. The summed E-state index contributed by atoms with van der Waals surface area (Å²) in [5.41, 5.74) is 0.892. The number of nitrogens with one attached hydrogen (secondary N) is 1. The fraction of sp³-hybridized carbons (Fsp3) is 0.538. The molecule has 5 heteroatoms. The first-order valence-corrected chi connectivity index (χ1v) is 6.08. The lowest BCUT2D eigenvalue weighted by atomic mass is 10.2. The lowest BCUT2D eigenvalue weighted by Crippen LogP contribution is -2.26. The van der Waals surface area contributed by atoms with E-state index in [4.69, 9.17) is 14.2 Å². The van der Waals surface area contributed by atoms with E-state index in [1.165, 1.54) is 0 Å². The summed E-state index contributed by atoms with van der Waals surface area (Å²) in [6.07, 6.45) is -0.400. The molecule has 0 saturated heterocycles. The van der Waals surface area contributed by atoms with E-state index >= 15 is 0 Å². The monoisotopic (exact) mass is 253 g/mol. The summed E-state index contributed by atoms with van der Waals surface area (Å²) < 4.78 is 15.8. The third-order valence-corrected chi connectivity index (χ3v) is 2.54. The summed E-state index contributed by atoms with van der Waals surface area (Å²) in [7, 11) is 0. The zero-order chi connectivity index (χ0) is 13.0. The van der Waals surface area contributed by atoms with E-state index in [-0.39, 0.29) is 12.9 Å². The number of aliphatic hydroxyl groups is 1. The van der Waals surface area contributed by atoms with Crippen molar-refractivity contribution >= 4 is 5.69 Å². The summed E-state index contributed by atoms with van der Waals surface area (Å²) in [5, 5.41) is 12.8. The van der Waals surface area contributed by atoms with Crippen LogP contribution in [0.1, 0.15) is 13.8 Å². The van der Waals surface area contributed by atoms with E-state index in [1.54, 1.807) is 0 Å². The van der Waals surface area contributed by atoms with Gasteiger partial charge >= 0.3 is 0 Å². The van der Waals surface area contributed by atoms with E-state index in [0.29, 0.717) is 13.2 Å². The first kappa shape index (κ1) is 13.0. The molecule has 0 saturated carbocycles. The van der Waals surface area contributed by atoms with Crippen molar-refractivity contribution < 1.29 is 19.3 Å². The predicted octanol–water partition coefficient (Wildman–Crippen LogP) is 1.61. The summed E-state index contributed by atoms with van der Waals surface area (Å²) in [6, 6.07) is 5.60. The van der Waals surface area contributed by atoms with Crippen molar-refractivity contribution in [3.63, 3.8) is 0 Å². The second-order valence-electron chi connectivity index (χ2n) is 4.48. The summed E-state index contributed by atoms with van der Waals surface area (Å²) in [6.45, 7) is 4.92. The van der Waals surface area contributed by atoms with Crippen LogP contribution in [0.3, 0.4) is 0 Å². The number of rotatable bonds is 6. The Kier molecular flexibility index (Phi) is 4.28. The second-order valence-corrected chi connectivity index (χ2v) is 4.48. The first-order chi connectivity index (χ1) is 8.65. The van der Waals surface area contributed by atoms with Crippen molar-refractivity contribution in [2.24, 2.45) is 0 Å². The van der Waals surface area contributed by atoms with Crippen molar-refractivity contribution in [1.82, 2.24) is 0 Å². The summed E-state index contributed by atoms with van der Waals surface area (Å²) in [4.78, 5) is 0. The van der Waals surface area contributed by atoms with Gasteiger partial charge in [-0.1, -0.05) is 0 Å². The highest BCUT2D eigenvalue weighted by Crippen LogP contribution is 2.34. The maximum Gasteiger partial charge on any atom is 0.231 e. The van der Waals surface area contributed by atoms with Gasteiger partial charge in [0.05, 0.1) is 18.8 Å². The molecule has 1 aromatic rings. The fourth-order valence-electron chi connectivity index (χ4n) is 1.60. The van der Waals surface area contributed by atoms with Crippen LogP contribution < -0.4 is 14.8 Å². The normalized spacial score (nSPS) is 14.9. The average molecular weight is 253 g/mol. The molecule has 5 nitrogen and oxygen atoms in total. The summed E-state index contributed by atoms with van der Waals surface area (Å²) in [5.74, 6) is 1.48. The van der Waals surface area contributed by atoms with Gasteiger partial charge in [-0.2, -0.15) is 0 Å². The van der Waals surface area contributed by atoms with Crippen LogP contribution in [0, 0.1) is 0 Å². The highest BCUT2D eigenvalue weighted by Gasteiger charge is 2.13. The van der Waals surface area contributed by atoms with Gasteiger partial charge in [-0.3, -0.25) is 0 Å². The Morgan fingerprint density at radius 1 is 1.33 bits per heavy atom. The quantitative estimate of drug-likeness (QED) is 0.806. The van der Waals surface area contributed by atoms with Gasteiger partial charge in [-0.15, -0.1) is 0 Å². The Bertz CT molecular complexity index is 395. The summed E-state index contributed by atoms with van der Waals surface area (Å²) >= 11 is 0. The number of fused-ring (bicyclic) bond motifs is 1. The minimum Gasteiger partial charge on any atom is -0.454 e. The van der Waals surface area contributed by atoms with Crippen LogP contribution in [-0.2, 0) is 4.74 Å². The van der Waals surface area contributed by atoms with Gasteiger partial charge in [0, 0.05) is 18.3 Å². The number of ether oxygens (including phenoxy) is 3. The third-order valence-electron chi connectivity index (χ3n) is 2.54. The minimum absolute atomic E-state index is 0.130. The molecule has 0 bridgehead atoms. The maximum absolute atomic E-state index is 9.71. The molecule has 1 aliphatic rings.